The first-order valence-electron chi connectivity index (χ1n) is 7.36. The molecule has 23 heavy (non-hydrogen) atoms. The van der Waals surface area contributed by atoms with Crippen LogP contribution in [0.2, 0.25) is 0 Å². The zero-order valence-corrected chi connectivity index (χ0v) is 12.7. The van der Waals surface area contributed by atoms with Crippen LogP contribution in [0.25, 0.3) is 0 Å². The van der Waals surface area contributed by atoms with E-state index in [-0.39, 0.29) is 19.4 Å². The monoisotopic (exact) mass is 342 g/mol. The van der Waals surface area contributed by atoms with Crippen molar-refractivity contribution in [3.63, 3.8) is 0 Å². The number of rotatable bonds is 5. The maximum Gasteiger partial charge on any atom is 0.522 e. The second-order valence-electron chi connectivity index (χ2n) is 6.46. The first kappa shape index (κ1) is 17.1. The van der Waals surface area contributed by atoms with Crippen LogP contribution in [0.5, 0.6) is 0 Å². The summed E-state index contributed by atoms with van der Waals surface area (Å²) in [6.45, 7) is 1.32. The predicted molar refractivity (Wildman–Crippen MR) is 67.4 cm³/mol. The Morgan fingerprint density at radius 3 is 2.57 bits per heavy atom. The van der Waals surface area contributed by atoms with Crippen LogP contribution in [0.15, 0.2) is 0 Å². The third-order valence-electron chi connectivity index (χ3n) is 5.05. The third kappa shape index (κ3) is 2.99. The number of hydrogen-bond acceptors (Lipinski definition) is 5. The van der Waals surface area contributed by atoms with Crippen LogP contribution in [0.1, 0.15) is 19.8 Å². The Hall–Kier alpha value is -0.770. The lowest BCUT2D eigenvalue weighted by molar-refractivity contribution is -0.324. The molecule has 0 bridgehead atoms. The fraction of sp³-hybridized carbons (Fsp3) is 0.929. The second kappa shape index (κ2) is 5.37. The van der Waals surface area contributed by atoms with Crippen LogP contribution < -0.4 is 0 Å². The highest BCUT2D eigenvalue weighted by Gasteiger charge is 2.70. The van der Waals surface area contributed by atoms with E-state index in [0.29, 0.717) is 0 Å². The van der Waals surface area contributed by atoms with Gasteiger partial charge in [-0.15, -0.1) is 13.2 Å². The SMILES string of the molecule is CO[C@@H]1C(=O)[C@H](F)[C@]2(CO2)C[C@H]1C1(C)O[C@@H]1CCOC(F)(F)F. The number of hydrogen-bond donors (Lipinski definition) is 0. The summed E-state index contributed by atoms with van der Waals surface area (Å²) < 4.78 is 69.7. The number of epoxide rings is 2. The number of carbonyl (C=O) groups is 1. The fourth-order valence-electron chi connectivity index (χ4n) is 3.55. The predicted octanol–water partition coefficient (Wildman–Crippen LogP) is 1.78. The van der Waals surface area contributed by atoms with Gasteiger partial charge in [0.15, 0.2) is 12.0 Å². The molecule has 0 N–H and O–H groups in total. The van der Waals surface area contributed by atoms with Crippen molar-refractivity contribution in [2.24, 2.45) is 5.92 Å². The standard InChI is InChI=1S/C14H18F4O5/c1-12(8(23-12)3-4-21-14(16,17)18)7-5-13(6-22-13)11(15)9(19)10(7)20-2/h7-8,10-11H,3-6H2,1-2H3/t7-,8-,10+,11+,12?,13-/m1/s1. The van der Waals surface area contributed by atoms with Crippen molar-refractivity contribution in [2.75, 3.05) is 20.3 Å². The van der Waals surface area contributed by atoms with Crippen molar-refractivity contribution < 1.29 is 41.3 Å². The van der Waals surface area contributed by atoms with Crippen LogP contribution in [0, 0.1) is 5.92 Å². The third-order valence-corrected chi connectivity index (χ3v) is 5.05. The first-order valence-corrected chi connectivity index (χ1v) is 7.36. The van der Waals surface area contributed by atoms with Gasteiger partial charge in [0.05, 0.1) is 24.9 Å². The molecule has 3 aliphatic rings. The molecule has 2 aliphatic heterocycles. The highest BCUT2D eigenvalue weighted by Crippen LogP contribution is 2.55. The van der Waals surface area contributed by atoms with Crippen LogP contribution in [-0.4, -0.2) is 62.1 Å². The Morgan fingerprint density at radius 2 is 2.04 bits per heavy atom. The van der Waals surface area contributed by atoms with Crippen LogP contribution in [0.3, 0.4) is 0 Å². The number of alkyl halides is 4. The van der Waals surface area contributed by atoms with Crippen molar-refractivity contribution in [3.05, 3.63) is 0 Å². The Kier molecular flexibility index (Phi) is 3.98. The Labute approximate surface area is 130 Å². The maximum atomic E-state index is 14.1. The Morgan fingerprint density at radius 1 is 1.39 bits per heavy atom. The molecule has 5 nitrogen and oxygen atoms in total. The zero-order valence-electron chi connectivity index (χ0n) is 12.7. The number of ether oxygens (including phenoxy) is 4. The summed E-state index contributed by atoms with van der Waals surface area (Å²) in [4.78, 5) is 12.1. The largest absolute Gasteiger partial charge is 0.522 e. The highest BCUT2D eigenvalue weighted by molar-refractivity contribution is 5.90. The molecule has 1 saturated carbocycles. The second-order valence-corrected chi connectivity index (χ2v) is 6.46. The first-order chi connectivity index (χ1) is 10.6. The maximum absolute atomic E-state index is 14.1. The average Bonchev–Trinajstić information content (AvgIpc) is 3.34. The van der Waals surface area contributed by atoms with Gasteiger partial charge in [-0.3, -0.25) is 9.53 Å². The van der Waals surface area contributed by atoms with Gasteiger partial charge in [0.2, 0.25) is 0 Å². The van der Waals surface area contributed by atoms with Gasteiger partial charge in [-0.25, -0.2) is 4.39 Å². The molecule has 0 aromatic carbocycles. The van der Waals surface area contributed by atoms with Crippen LogP contribution >= 0.6 is 0 Å². The van der Waals surface area contributed by atoms with Gasteiger partial charge in [0.25, 0.3) is 0 Å². The molecule has 0 aromatic heterocycles. The van der Waals surface area contributed by atoms with Crippen LogP contribution in [-0.2, 0) is 23.7 Å². The quantitative estimate of drug-likeness (QED) is 0.563. The smallest absolute Gasteiger partial charge is 0.373 e. The fourth-order valence-corrected chi connectivity index (χ4v) is 3.55. The van der Waals surface area contributed by atoms with E-state index in [1.165, 1.54) is 7.11 Å². The van der Waals surface area contributed by atoms with Gasteiger partial charge < -0.3 is 14.2 Å². The average molecular weight is 342 g/mol. The van der Waals surface area contributed by atoms with Gasteiger partial charge >= 0.3 is 6.36 Å². The summed E-state index contributed by atoms with van der Waals surface area (Å²) in [5.74, 6) is -1.16. The minimum absolute atomic E-state index is 0.0318. The van der Waals surface area contributed by atoms with E-state index < -0.39 is 54.3 Å². The van der Waals surface area contributed by atoms with Crippen molar-refractivity contribution in [3.8, 4) is 0 Å². The lowest BCUT2D eigenvalue weighted by atomic mass is 9.70. The summed E-state index contributed by atoms with van der Waals surface area (Å²) in [5.41, 5.74) is -1.96. The van der Waals surface area contributed by atoms with Crippen LogP contribution in [0.4, 0.5) is 17.6 Å². The summed E-state index contributed by atoms with van der Waals surface area (Å²) in [7, 11) is 1.31. The zero-order chi connectivity index (χ0) is 17.0. The molecule has 0 aromatic rings. The summed E-state index contributed by atoms with van der Waals surface area (Å²) in [5, 5.41) is 0. The van der Waals surface area contributed by atoms with Gasteiger partial charge in [-0.1, -0.05) is 0 Å². The molecule has 1 spiro atoms. The topological polar surface area (TPSA) is 60.6 Å². The van der Waals surface area contributed by atoms with Crippen molar-refractivity contribution in [1.82, 2.24) is 0 Å². The molecule has 2 saturated heterocycles. The normalized spacial score (nSPS) is 46.3. The van der Waals surface area contributed by atoms with E-state index in [1.807, 2.05) is 0 Å². The number of ketones is 1. The lowest BCUT2D eigenvalue weighted by Gasteiger charge is -2.37. The van der Waals surface area contributed by atoms with E-state index in [1.54, 1.807) is 6.92 Å². The number of methoxy groups -OCH3 is 1. The molecule has 3 rings (SSSR count). The summed E-state index contributed by atoms with van der Waals surface area (Å²) in [6, 6.07) is 0. The van der Waals surface area contributed by atoms with Gasteiger partial charge in [-0.05, 0) is 13.3 Å². The van der Waals surface area contributed by atoms with Crippen molar-refractivity contribution in [2.45, 2.75) is 55.7 Å². The molecular weight excluding hydrogens is 324 g/mol. The number of carbonyl (C=O) groups excluding carboxylic acids is 1. The van der Waals surface area contributed by atoms with E-state index >= 15 is 0 Å². The van der Waals surface area contributed by atoms with E-state index in [9.17, 15) is 22.4 Å². The van der Waals surface area contributed by atoms with Gasteiger partial charge in [0.1, 0.15) is 11.7 Å². The van der Waals surface area contributed by atoms with Gasteiger partial charge in [0, 0.05) is 19.4 Å². The Bertz CT molecular complexity index is 492. The minimum atomic E-state index is -4.69. The molecule has 6 atom stereocenters. The summed E-state index contributed by atoms with van der Waals surface area (Å²) >= 11 is 0. The molecule has 0 radical (unpaired) electrons. The molecule has 9 heteroatoms. The van der Waals surface area contributed by atoms with Gasteiger partial charge in [-0.2, -0.15) is 0 Å². The van der Waals surface area contributed by atoms with Crippen molar-refractivity contribution >= 4 is 5.78 Å². The molecular formula is C14H18F4O5. The molecule has 2 heterocycles. The molecule has 3 fully saturated rings. The molecule has 1 aliphatic carbocycles. The lowest BCUT2D eigenvalue weighted by Crippen LogP contribution is -2.55. The molecule has 1 unspecified atom stereocenters. The van der Waals surface area contributed by atoms with E-state index in [2.05, 4.69) is 4.74 Å². The number of halogens is 4. The minimum Gasteiger partial charge on any atom is -0.373 e. The molecule has 0 amide bonds. The van der Waals surface area contributed by atoms with E-state index in [0.717, 1.165) is 0 Å². The highest BCUT2D eigenvalue weighted by atomic mass is 19.4. The molecule has 132 valence electrons. The summed E-state index contributed by atoms with van der Waals surface area (Å²) in [6.07, 6.45) is -7.63. The van der Waals surface area contributed by atoms with Crippen molar-refractivity contribution in [1.29, 1.82) is 0 Å². The van der Waals surface area contributed by atoms with E-state index in [4.69, 9.17) is 14.2 Å². The Balaban J connectivity index is 1.65. The number of Topliss-reactive ketones (excluding diaryl/α,β-unsaturated/α-hetero) is 1.